The normalized spacial score (nSPS) is 23.8. The van der Waals surface area contributed by atoms with Crippen LogP contribution in [-0.2, 0) is 97.0 Å². The molecule has 0 saturated carbocycles. The zero-order valence-electron chi connectivity index (χ0n) is 65.6. The van der Waals surface area contributed by atoms with E-state index in [4.69, 9.17) is 50.5 Å². The number of aliphatic carboxylic acids is 4. The van der Waals surface area contributed by atoms with Crippen LogP contribution in [0.15, 0.2) is 119 Å². The molecule has 0 fully saturated rings. The maximum absolute atomic E-state index is 18.3. The Balaban J connectivity index is 0.909. The van der Waals surface area contributed by atoms with E-state index >= 15 is 24.0 Å². The number of aromatic nitrogens is 3. The van der Waals surface area contributed by atoms with Crippen LogP contribution in [-0.4, -0.2) is 105 Å². The second-order valence-electron chi connectivity index (χ2n) is 37.3. The molecule has 15 aliphatic rings. The van der Waals surface area contributed by atoms with Crippen LogP contribution in [0.3, 0.4) is 0 Å². The quantitative estimate of drug-likeness (QED) is 0.00615. The van der Waals surface area contributed by atoms with Gasteiger partial charge in [-0.25, -0.2) is 9.59 Å². The maximum Gasteiger partial charge on any atom is 0.360 e. The molecule has 0 bridgehead atoms. The maximum atomic E-state index is 18.3. The van der Waals surface area contributed by atoms with E-state index in [1.807, 2.05) is 60.7 Å². The van der Waals surface area contributed by atoms with Gasteiger partial charge in [0, 0.05) is 101 Å². The molecular formula is C100H48N8O20. The molecule has 9 N–H and O–H groups in total. The van der Waals surface area contributed by atoms with E-state index in [1.165, 1.54) is 0 Å². The number of nitrogens with two attached hydrogens (primary N) is 2. The molecule has 0 radical (unpaired) electrons. The lowest BCUT2D eigenvalue weighted by atomic mass is 9.53. The van der Waals surface area contributed by atoms with Gasteiger partial charge in [0.1, 0.15) is 24.0 Å². The number of carboxylic acids is 4. The lowest BCUT2D eigenvalue weighted by molar-refractivity contribution is -0.301. The van der Waals surface area contributed by atoms with Gasteiger partial charge in [0.25, 0.3) is 30.0 Å². The Morgan fingerprint density at radius 3 is 1.84 bits per heavy atom. The number of ketones is 2. The summed E-state index contributed by atoms with van der Waals surface area (Å²) in [7, 11) is 0. The molecule has 1 amide bonds. The van der Waals surface area contributed by atoms with E-state index in [1.54, 1.807) is 16.7 Å². The second-order valence-corrected chi connectivity index (χ2v) is 37.3. The molecule has 14 aromatic carbocycles. The molecule has 11 unspecified atom stereocenters. The Hall–Kier alpha value is -15.9. The summed E-state index contributed by atoms with van der Waals surface area (Å²) in [6.07, 6.45) is 8.56. The first kappa shape index (κ1) is 66.7. The van der Waals surface area contributed by atoms with Crippen LogP contribution in [0, 0.1) is 0 Å². The topological polar surface area (TPSA) is 410 Å². The number of pyridine rings is 3. The molecule has 6 aliphatic heterocycles. The summed E-state index contributed by atoms with van der Waals surface area (Å²) in [6.45, 7) is 7.74. The van der Waals surface area contributed by atoms with E-state index in [9.17, 15) is 44.4 Å². The first-order chi connectivity index (χ1) is 62.1. The number of Topliss-reactive ketones (excluding diaryl/α,β-unsaturated/α-hetero) is 2. The van der Waals surface area contributed by atoms with Gasteiger partial charge in [-0.1, -0.05) is 79.9 Å². The van der Waals surface area contributed by atoms with Gasteiger partial charge in [0.15, 0.2) is 17.2 Å². The number of benzene rings is 14. The number of nitrogens with zero attached hydrogens (tertiary/aromatic N) is 5. The largest absolute Gasteiger partial charge is 0.481 e. The highest BCUT2D eigenvalue weighted by Gasteiger charge is 2.64. The molecule has 128 heavy (non-hydrogen) atoms. The zero-order valence-corrected chi connectivity index (χ0v) is 65.6. The third-order valence-corrected chi connectivity index (χ3v) is 32.7. The first-order valence-electron chi connectivity index (χ1n) is 42.1. The highest BCUT2D eigenvalue weighted by molar-refractivity contribution is 6.52. The van der Waals surface area contributed by atoms with Crippen molar-refractivity contribution in [2.75, 3.05) is 0 Å². The smallest absolute Gasteiger partial charge is 0.360 e. The average Bonchev–Trinajstić information content (AvgIpc) is 0.607. The highest BCUT2D eigenvalue weighted by atomic mass is 17.2. The summed E-state index contributed by atoms with van der Waals surface area (Å²) in [5, 5.41) is 64.6. The molecule has 28 heteroatoms. The average molecular weight is 1680 g/mol. The summed E-state index contributed by atoms with van der Waals surface area (Å²) < 4.78 is 19.1. The first-order valence-corrected chi connectivity index (χ1v) is 42.1. The van der Waals surface area contributed by atoms with Crippen LogP contribution in [0.5, 0.6) is 0 Å². The number of amides is 1. The highest BCUT2D eigenvalue weighted by Crippen LogP contribution is 2.73. The third-order valence-electron chi connectivity index (χ3n) is 32.7. The van der Waals surface area contributed by atoms with Crippen LogP contribution >= 0.6 is 0 Å². The number of carbonyl (C=O) groups is 9. The number of carbonyl (C=O) groups excluding carboxylic acids is 5. The number of fused-ring (bicyclic) bond motifs is 6. The number of rotatable bonds is 18. The molecule has 0 saturated heterocycles. The molecule has 9 aliphatic carbocycles. The lowest BCUT2D eigenvalue weighted by Gasteiger charge is -2.52. The fraction of sp³-hybridized carbons (Fsp3) is 0.160. The van der Waals surface area contributed by atoms with Crippen molar-refractivity contribution in [3.05, 3.63) is 230 Å². The number of hydrogen-bond donors (Lipinski definition) is 7. The molecule has 4 aromatic heterocycles. The second kappa shape index (κ2) is 19.6. The molecular weight excluding hydrogens is 1630 g/mol. The van der Waals surface area contributed by atoms with E-state index < -0.39 is 135 Å². The van der Waals surface area contributed by atoms with Gasteiger partial charge in [-0.2, -0.15) is 0 Å². The Morgan fingerprint density at radius 1 is 0.523 bits per heavy atom. The van der Waals surface area contributed by atoms with Gasteiger partial charge >= 0.3 is 23.9 Å². The molecule has 28 nitrogen and oxygen atoms in total. The Labute approximate surface area is 707 Å². The minimum absolute atomic E-state index is 0.102. The summed E-state index contributed by atoms with van der Waals surface area (Å²) >= 11 is 0. The van der Waals surface area contributed by atoms with Crippen LogP contribution in [0.4, 0.5) is 0 Å². The molecule has 0 spiro atoms. The number of carboxylic acid groups (broad SMARTS) is 4. The van der Waals surface area contributed by atoms with Crippen molar-refractivity contribution in [2.45, 2.75) is 96.6 Å². The summed E-state index contributed by atoms with van der Waals surface area (Å²) in [6, 6.07) is 14.9. The van der Waals surface area contributed by atoms with Gasteiger partial charge < -0.3 is 53.8 Å². The molecule has 33 rings (SSSR count). The van der Waals surface area contributed by atoms with Crippen LogP contribution in [0.1, 0.15) is 144 Å². The van der Waals surface area contributed by atoms with Gasteiger partial charge in [0.05, 0.1) is 109 Å². The van der Waals surface area contributed by atoms with E-state index in [2.05, 4.69) is 39.4 Å². The predicted octanol–water partition coefficient (Wildman–Crippen LogP) is 9.05. The van der Waals surface area contributed by atoms with Crippen LogP contribution in [0.2, 0.25) is 0 Å². The van der Waals surface area contributed by atoms with Crippen LogP contribution in [0.25, 0.3) is 197 Å². The fourth-order valence-electron chi connectivity index (χ4n) is 29.6. The lowest BCUT2D eigenvalue weighted by Crippen LogP contribution is -2.59. The van der Waals surface area contributed by atoms with E-state index in [0.717, 1.165) is 100 Å². The molecule has 18 aromatic rings. The molecule has 10 heterocycles. The van der Waals surface area contributed by atoms with Crippen molar-refractivity contribution < 1.29 is 92.6 Å². The van der Waals surface area contributed by atoms with Gasteiger partial charge in [-0.3, -0.25) is 64.4 Å². The standard InChI is InChI=1S/C100H48N8O20/c1-3-125-127-99(101,95(119)120)79-40(111)19-28-9-8-26-16-34-35-17-27-10-11-29-20-98(124-25-110,23-42(114)115)82-70-46(29)45(27)59-53(35)89-88-52(34)58-44(26)43(28)49(79)32-12-13-33-54-73-62-50(80(92(54)116)100(102,96(121)122)128-126-4-2)31-6-5-7-36-48(31)61-67(62)74-68-66-65-64-57-39(106(94(82)118)86-76(64)77(68)87(75(59)78(70)86)108(89)91(74)90(73)107(88)85(33)51(32)58)18-30-21-97(123-24-109,22-41(112)113)81-69-47(30)60(57)63-55-37(14-15-38(56(55)69)105-93(81)117)104-84(72(63)65)83(103-36)71(61)66/h3-18,24-25,36-38,54,64,68,81H,1-2,19-23,101-102H2,(H,105,117)(H,112,113)(H,114,115)(H,119,120)(H,121,122). The number of ether oxygens (including phenoxy) is 2. The third kappa shape index (κ3) is 6.09. The minimum Gasteiger partial charge on any atom is -0.481 e. The van der Waals surface area contributed by atoms with Gasteiger partial charge in [-0.05, 0) is 182 Å². The SMILES string of the molecule is C=COOC(N)(C(=O)O)C1=c2c3c4c5c6c7c8c9c(c26)C(C1=O)c1ccc2c6c%10c(ccc%11cc%12c%13cc%14ccc%15c%16c%17c(c(=O)n%18c%19c%20c(c%21c(c(c%14%16)c%13c(c%13c%12c(c%11%10)c2c1n9%13)n%218)c%17%19)C7c1c2c7c(c(c1-5)=NC4C=CC=3)=NC1C=CC3NC(=O)C4c5c3c1c-7c1c(c-%18cc(c51)CC4(CC(=O)O)OC=O)C2%20)C(CC(=O)O)(OC=O)C%15)CC(=O)C=6C(N)(OOC=C)C(=O)O. The van der Waals surface area contributed by atoms with Crippen molar-refractivity contribution in [2.24, 2.45) is 21.5 Å². The predicted molar refractivity (Wildman–Crippen MR) is 458 cm³/mol. The van der Waals surface area contributed by atoms with Crippen molar-refractivity contribution in [3.63, 3.8) is 0 Å². The van der Waals surface area contributed by atoms with Crippen molar-refractivity contribution in [1.29, 1.82) is 0 Å². The zero-order chi connectivity index (χ0) is 85.4. The summed E-state index contributed by atoms with van der Waals surface area (Å²) in [5.74, 6) is -13.2. The number of hydrogen-bond acceptors (Lipinski definition) is 20. The minimum atomic E-state index is -3.16. The van der Waals surface area contributed by atoms with Crippen LogP contribution < -0.4 is 48.7 Å². The molecule has 11 atom stereocenters. The van der Waals surface area contributed by atoms with Gasteiger partial charge in [0.2, 0.25) is 5.91 Å². The monoisotopic (exact) mass is 1680 g/mol. The van der Waals surface area contributed by atoms with Crippen molar-refractivity contribution >= 4 is 223 Å². The van der Waals surface area contributed by atoms with Gasteiger partial charge in [-0.15, -0.1) is 9.78 Å². The van der Waals surface area contributed by atoms with E-state index in [-0.39, 0.29) is 48.2 Å². The number of nitrogens with one attached hydrogen (secondary N) is 1. The summed E-state index contributed by atoms with van der Waals surface area (Å²) in [5.41, 5.74) is 19.1. The summed E-state index contributed by atoms with van der Waals surface area (Å²) in [4.78, 5) is 187. The van der Waals surface area contributed by atoms with Crippen molar-refractivity contribution in [1.82, 2.24) is 18.7 Å². The van der Waals surface area contributed by atoms with E-state index in [0.29, 0.717) is 191 Å². The number of allylic oxidation sites excluding steroid dienone is 1. The van der Waals surface area contributed by atoms with Crippen molar-refractivity contribution in [3.8, 4) is 27.9 Å². The Kier molecular flexibility index (Phi) is 10.2. The Bertz CT molecular complexity index is 9930. The molecule has 608 valence electrons. The Morgan fingerprint density at radius 2 is 1.15 bits per heavy atom. The fourth-order valence-corrected chi connectivity index (χ4v) is 29.6.